The summed E-state index contributed by atoms with van der Waals surface area (Å²) in [5.74, 6) is 0.711. The number of pyridine rings is 1. The summed E-state index contributed by atoms with van der Waals surface area (Å²) in [5.41, 5.74) is 0.556. The molecule has 0 spiro atoms. The van der Waals surface area contributed by atoms with E-state index >= 15 is 0 Å². The number of aliphatic hydroxyl groups is 1. The van der Waals surface area contributed by atoms with Crippen molar-refractivity contribution in [1.82, 2.24) is 14.8 Å². The lowest BCUT2D eigenvalue weighted by atomic mass is 9.94. The Morgan fingerprint density at radius 3 is 2.62 bits per heavy atom. The number of hydrogen-bond acceptors (Lipinski definition) is 5. The Balaban J connectivity index is 1.57. The standard InChI is InChI=1S/C22H29N3O4/c1-24(15-17-4-7-19(29-2)8-5-17)16-22(28)10-3-12-25(13-11-22)21(27)18-6-9-20(26)23-14-18/h4-9,14,28H,3,10-13,15-16H2,1-2H3,(H,23,26). The van der Waals surface area contributed by atoms with Crippen LogP contribution < -0.4 is 10.3 Å². The molecule has 0 saturated carbocycles. The number of aromatic amines is 1. The van der Waals surface area contributed by atoms with Crippen LogP contribution in [0.5, 0.6) is 5.75 Å². The van der Waals surface area contributed by atoms with Crippen molar-refractivity contribution in [2.45, 2.75) is 31.4 Å². The quantitative estimate of drug-likeness (QED) is 0.775. The summed E-state index contributed by atoms with van der Waals surface area (Å²) >= 11 is 0. The van der Waals surface area contributed by atoms with Gasteiger partial charge >= 0.3 is 0 Å². The number of aromatic nitrogens is 1. The van der Waals surface area contributed by atoms with Crippen LogP contribution in [0.4, 0.5) is 0 Å². The monoisotopic (exact) mass is 399 g/mol. The lowest BCUT2D eigenvalue weighted by Crippen LogP contribution is -2.42. The molecule has 1 unspecified atom stereocenters. The van der Waals surface area contributed by atoms with Gasteiger partial charge in [0.15, 0.2) is 0 Å². The third-order valence-corrected chi connectivity index (χ3v) is 5.41. The van der Waals surface area contributed by atoms with Crippen molar-refractivity contribution in [2.24, 2.45) is 0 Å². The molecule has 0 bridgehead atoms. The molecule has 1 atom stereocenters. The Labute approximate surface area is 170 Å². The van der Waals surface area contributed by atoms with Crippen LogP contribution in [0.1, 0.15) is 35.2 Å². The molecular weight excluding hydrogens is 370 g/mol. The van der Waals surface area contributed by atoms with Crippen LogP contribution >= 0.6 is 0 Å². The van der Waals surface area contributed by atoms with Crippen LogP contribution in [0.2, 0.25) is 0 Å². The maximum Gasteiger partial charge on any atom is 0.255 e. The van der Waals surface area contributed by atoms with E-state index in [1.54, 1.807) is 18.1 Å². The topological polar surface area (TPSA) is 85.9 Å². The van der Waals surface area contributed by atoms with E-state index in [9.17, 15) is 14.7 Å². The highest BCUT2D eigenvalue weighted by molar-refractivity contribution is 5.93. The second-order valence-corrected chi connectivity index (χ2v) is 7.83. The van der Waals surface area contributed by atoms with Crippen LogP contribution in [0.15, 0.2) is 47.4 Å². The van der Waals surface area contributed by atoms with E-state index in [1.165, 1.54) is 12.3 Å². The third-order valence-electron chi connectivity index (χ3n) is 5.41. The van der Waals surface area contributed by atoms with Crippen LogP contribution in [0.25, 0.3) is 0 Å². The lowest BCUT2D eigenvalue weighted by Gasteiger charge is -2.31. The predicted octanol–water partition coefficient (Wildman–Crippen LogP) is 1.87. The number of carbonyl (C=O) groups is 1. The van der Waals surface area contributed by atoms with Crippen molar-refractivity contribution in [3.05, 3.63) is 64.1 Å². The Bertz CT molecular complexity index is 860. The fraction of sp³-hybridized carbons (Fsp3) is 0.455. The molecule has 7 heteroatoms. The molecule has 156 valence electrons. The summed E-state index contributed by atoms with van der Waals surface area (Å²) < 4.78 is 5.19. The van der Waals surface area contributed by atoms with E-state index < -0.39 is 5.60 Å². The average molecular weight is 399 g/mol. The maximum atomic E-state index is 12.7. The zero-order chi connectivity index (χ0) is 20.9. The van der Waals surface area contributed by atoms with Gasteiger partial charge in [-0.3, -0.25) is 14.5 Å². The number of likely N-dealkylation sites (N-methyl/N-ethyl adjacent to an activating group) is 1. The van der Waals surface area contributed by atoms with Crippen LogP contribution in [-0.4, -0.2) is 65.2 Å². The van der Waals surface area contributed by atoms with Gasteiger partial charge in [0.2, 0.25) is 5.56 Å². The zero-order valence-corrected chi connectivity index (χ0v) is 17.1. The van der Waals surface area contributed by atoms with Gasteiger partial charge in [0.05, 0.1) is 18.3 Å². The second kappa shape index (κ2) is 9.24. The molecule has 3 rings (SSSR count). The number of H-pyrrole nitrogens is 1. The highest BCUT2D eigenvalue weighted by Gasteiger charge is 2.32. The van der Waals surface area contributed by atoms with Gasteiger partial charge in [-0.25, -0.2) is 0 Å². The minimum absolute atomic E-state index is 0.114. The van der Waals surface area contributed by atoms with E-state index in [0.717, 1.165) is 24.3 Å². The van der Waals surface area contributed by atoms with Crippen molar-refractivity contribution in [2.75, 3.05) is 33.8 Å². The highest BCUT2D eigenvalue weighted by atomic mass is 16.5. The van der Waals surface area contributed by atoms with Gasteiger partial charge in [-0.2, -0.15) is 0 Å². The summed E-state index contributed by atoms with van der Waals surface area (Å²) in [6, 6.07) is 10.8. The van der Waals surface area contributed by atoms with Gasteiger partial charge in [-0.15, -0.1) is 0 Å². The zero-order valence-electron chi connectivity index (χ0n) is 17.1. The molecule has 29 heavy (non-hydrogen) atoms. The smallest absolute Gasteiger partial charge is 0.255 e. The number of hydrogen-bond donors (Lipinski definition) is 2. The van der Waals surface area contributed by atoms with Crippen molar-refractivity contribution >= 4 is 5.91 Å². The normalized spacial score (nSPS) is 19.8. The summed E-state index contributed by atoms with van der Waals surface area (Å²) in [6.45, 7) is 2.36. The van der Waals surface area contributed by atoms with Crippen molar-refractivity contribution in [1.29, 1.82) is 0 Å². The molecule has 1 aliphatic heterocycles. The van der Waals surface area contributed by atoms with E-state index in [-0.39, 0.29) is 11.5 Å². The molecular formula is C22H29N3O4. The van der Waals surface area contributed by atoms with E-state index in [2.05, 4.69) is 9.88 Å². The molecule has 1 amide bonds. The van der Waals surface area contributed by atoms with E-state index in [1.807, 2.05) is 31.3 Å². The molecule has 0 radical (unpaired) electrons. The molecule has 0 aliphatic carbocycles. The first-order valence-corrected chi connectivity index (χ1v) is 9.90. The maximum absolute atomic E-state index is 12.7. The molecule has 1 saturated heterocycles. The molecule has 1 aromatic heterocycles. The number of ether oxygens (including phenoxy) is 1. The second-order valence-electron chi connectivity index (χ2n) is 7.83. The number of methoxy groups -OCH3 is 1. The number of nitrogens with one attached hydrogen (secondary N) is 1. The van der Waals surface area contributed by atoms with Crippen LogP contribution in [0.3, 0.4) is 0 Å². The Morgan fingerprint density at radius 1 is 1.21 bits per heavy atom. The van der Waals surface area contributed by atoms with Crippen LogP contribution in [-0.2, 0) is 6.54 Å². The minimum atomic E-state index is -0.832. The largest absolute Gasteiger partial charge is 0.497 e. The number of likely N-dealkylation sites (tertiary alicyclic amines) is 1. The lowest BCUT2D eigenvalue weighted by molar-refractivity contribution is -0.00401. The van der Waals surface area contributed by atoms with E-state index in [4.69, 9.17) is 4.74 Å². The fourth-order valence-electron chi connectivity index (χ4n) is 3.87. The Hall–Kier alpha value is -2.64. The molecule has 2 heterocycles. The molecule has 2 N–H and O–H groups in total. The van der Waals surface area contributed by atoms with Crippen molar-refractivity contribution < 1.29 is 14.6 Å². The van der Waals surface area contributed by atoms with Crippen LogP contribution in [0, 0.1) is 0 Å². The van der Waals surface area contributed by atoms with Crippen molar-refractivity contribution in [3.8, 4) is 5.75 Å². The Morgan fingerprint density at radius 2 is 1.97 bits per heavy atom. The average Bonchev–Trinajstić information content (AvgIpc) is 2.90. The fourth-order valence-corrected chi connectivity index (χ4v) is 3.87. The van der Waals surface area contributed by atoms with E-state index in [0.29, 0.717) is 38.0 Å². The summed E-state index contributed by atoms with van der Waals surface area (Å²) in [4.78, 5) is 30.3. The number of carbonyl (C=O) groups excluding carboxylic acids is 1. The van der Waals surface area contributed by atoms with Gasteiger partial charge in [0.1, 0.15) is 5.75 Å². The third kappa shape index (κ3) is 5.68. The molecule has 1 fully saturated rings. The first kappa shape index (κ1) is 21.1. The predicted molar refractivity (Wildman–Crippen MR) is 111 cm³/mol. The Kier molecular flexibility index (Phi) is 6.71. The van der Waals surface area contributed by atoms with Gasteiger partial charge in [0.25, 0.3) is 5.91 Å². The highest BCUT2D eigenvalue weighted by Crippen LogP contribution is 2.25. The SMILES string of the molecule is COc1ccc(CN(C)CC2(O)CCCN(C(=O)c3ccc(=O)[nH]c3)CC2)cc1. The van der Waals surface area contributed by atoms with Gasteiger partial charge < -0.3 is 19.7 Å². The van der Waals surface area contributed by atoms with Gasteiger partial charge in [-0.05, 0) is 50.1 Å². The molecule has 1 aliphatic rings. The summed E-state index contributed by atoms with van der Waals surface area (Å²) in [5, 5.41) is 11.1. The first-order valence-electron chi connectivity index (χ1n) is 9.90. The number of rotatable bonds is 6. The summed E-state index contributed by atoms with van der Waals surface area (Å²) in [6.07, 6.45) is 3.36. The van der Waals surface area contributed by atoms with Gasteiger partial charge in [-0.1, -0.05) is 12.1 Å². The number of benzene rings is 1. The van der Waals surface area contributed by atoms with Crippen molar-refractivity contribution in [3.63, 3.8) is 0 Å². The number of amides is 1. The van der Waals surface area contributed by atoms with Gasteiger partial charge in [0, 0.05) is 38.4 Å². The molecule has 2 aromatic rings. The molecule has 1 aromatic carbocycles. The first-order chi connectivity index (χ1) is 13.9. The molecule has 7 nitrogen and oxygen atoms in total. The minimum Gasteiger partial charge on any atom is -0.497 e. The summed E-state index contributed by atoms with van der Waals surface area (Å²) in [7, 11) is 3.64. The number of nitrogens with zero attached hydrogens (tertiary/aromatic N) is 2.